The number of ether oxygens (including phenoxy) is 1. The molecule has 160 valence electrons. The zero-order valence-corrected chi connectivity index (χ0v) is 18.8. The van der Waals surface area contributed by atoms with Gasteiger partial charge in [-0.1, -0.05) is 57.9 Å². The lowest BCUT2D eigenvalue weighted by atomic mass is 10.1. The summed E-state index contributed by atoms with van der Waals surface area (Å²) in [6, 6.07) is 21.0. The molecule has 0 aliphatic carbocycles. The monoisotopic (exact) mass is 490 g/mol. The molecule has 7 heteroatoms. The largest absolute Gasteiger partial charge is 0.489 e. The van der Waals surface area contributed by atoms with Gasteiger partial charge in [0, 0.05) is 4.47 Å². The van der Waals surface area contributed by atoms with Crippen molar-refractivity contribution in [1.29, 1.82) is 0 Å². The van der Waals surface area contributed by atoms with E-state index in [1.807, 2.05) is 31.2 Å². The van der Waals surface area contributed by atoms with E-state index >= 15 is 0 Å². The Labute approximate surface area is 193 Å². The number of nitrogens with zero attached hydrogens (tertiary/aromatic N) is 1. The van der Waals surface area contributed by atoms with E-state index in [4.69, 9.17) is 4.74 Å². The van der Waals surface area contributed by atoms with Gasteiger partial charge in [-0.25, -0.2) is 9.69 Å². The first-order valence-corrected chi connectivity index (χ1v) is 10.7. The van der Waals surface area contributed by atoms with Gasteiger partial charge in [-0.15, -0.1) is 0 Å². The van der Waals surface area contributed by atoms with Gasteiger partial charge in [0.15, 0.2) is 0 Å². The van der Waals surface area contributed by atoms with Gasteiger partial charge in [-0.05, 0) is 60.5 Å². The topological polar surface area (TPSA) is 75.7 Å². The van der Waals surface area contributed by atoms with Crippen LogP contribution in [-0.4, -0.2) is 17.8 Å². The SMILES string of the molecule is Cc1ccc(COc2ccc(/C=C3/C(=O)NC(=O)N(c4ccc(Br)cc4)C3=O)cc2)cc1. The van der Waals surface area contributed by atoms with Crippen LogP contribution in [0.25, 0.3) is 6.08 Å². The number of halogens is 1. The number of carbonyl (C=O) groups excluding carboxylic acids is 3. The number of urea groups is 1. The Bertz CT molecular complexity index is 1200. The van der Waals surface area contributed by atoms with Gasteiger partial charge in [0.2, 0.25) is 0 Å². The van der Waals surface area contributed by atoms with Crippen molar-refractivity contribution >= 4 is 45.5 Å². The van der Waals surface area contributed by atoms with Crippen LogP contribution in [0.2, 0.25) is 0 Å². The smallest absolute Gasteiger partial charge is 0.335 e. The molecule has 1 aliphatic rings. The van der Waals surface area contributed by atoms with Crippen LogP contribution in [0.4, 0.5) is 10.5 Å². The third kappa shape index (κ3) is 4.78. The number of carbonyl (C=O) groups is 3. The number of hydrogen-bond acceptors (Lipinski definition) is 4. The fourth-order valence-electron chi connectivity index (χ4n) is 3.16. The maximum atomic E-state index is 12.9. The van der Waals surface area contributed by atoms with E-state index in [9.17, 15) is 14.4 Å². The minimum atomic E-state index is -0.778. The molecular formula is C25H19BrN2O4. The average molecular weight is 491 g/mol. The second-order valence-corrected chi connectivity index (χ2v) is 8.19. The summed E-state index contributed by atoms with van der Waals surface area (Å²) in [5, 5.41) is 2.22. The highest BCUT2D eigenvalue weighted by Crippen LogP contribution is 2.24. The highest BCUT2D eigenvalue weighted by Gasteiger charge is 2.36. The molecular weight excluding hydrogens is 472 g/mol. The molecule has 1 aliphatic heterocycles. The summed E-state index contributed by atoms with van der Waals surface area (Å²) >= 11 is 3.32. The number of amides is 4. The van der Waals surface area contributed by atoms with Gasteiger partial charge < -0.3 is 4.74 Å². The van der Waals surface area contributed by atoms with Crippen LogP contribution in [0.15, 0.2) is 82.8 Å². The molecule has 0 saturated carbocycles. The van der Waals surface area contributed by atoms with E-state index < -0.39 is 17.8 Å². The third-order valence-corrected chi connectivity index (χ3v) is 5.43. The van der Waals surface area contributed by atoms with Crippen molar-refractivity contribution in [1.82, 2.24) is 5.32 Å². The molecule has 1 fully saturated rings. The molecule has 0 radical (unpaired) electrons. The van der Waals surface area contributed by atoms with Crippen LogP contribution in [0.5, 0.6) is 5.75 Å². The van der Waals surface area contributed by atoms with Crippen molar-refractivity contribution in [2.24, 2.45) is 0 Å². The number of barbiturate groups is 1. The Kier molecular flexibility index (Phi) is 6.18. The van der Waals surface area contributed by atoms with Gasteiger partial charge in [0.05, 0.1) is 5.69 Å². The first kappa shape index (κ1) is 21.5. The molecule has 6 nitrogen and oxygen atoms in total. The van der Waals surface area contributed by atoms with Crippen LogP contribution in [0.3, 0.4) is 0 Å². The van der Waals surface area contributed by atoms with Crippen LogP contribution >= 0.6 is 15.9 Å². The predicted molar refractivity (Wildman–Crippen MR) is 125 cm³/mol. The molecule has 0 aromatic heterocycles. The van der Waals surface area contributed by atoms with Gasteiger partial charge in [-0.2, -0.15) is 0 Å². The summed E-state index contributed by atoms with van der Waals surface area (Å²) < 4.78 is 6.60. The lowest BCUT2D eigenvalue weighted by molar-refractivity contribution is -0.122. The predicted octanol–water partition coefficient (Wildman–Crippen LogP) is 5.00. The Balaban J connectivity index is 1.50. The molecule has 0 spiro atoms. The normalized spacial score (nSPS) is 15.1. The minimum Gasteiger partial charge on any atom is -0.489 e. The van der Waals surface area contributed by atoms with E-state index in [0.717, 1.165) is 14.9 Å². The third-order valence-electron chi connectivity index (χ3n) is 4.90. The second kappa shape index (κ2) is 9.20. The Morgan fingerprint density at radius 2 is 1.56 bits per heavy atom. The Hall–Kier alpha value is -3.71. The van der Waals surface area contributed by atoms with E-state index in [0.29, 0.717) is 23.6 Å². The van der Waals surface area contributed by atoms with Crippen molar-refractivity contribution in [3.8, 4) is 5.75 Å². The number of nitrogens with one attached hydrogen (secondary N) is 1. The molecule has 3 aromatic carbocycles. The molecule has 0 atom stereocenters. The van der Waals surface area contributed by atoms with Gasteiger partial charge >= 0.3 is 6.03 Å². The fraction of sp³-hybridized carbons (Fsp3) is 0.0800. The number of imide groups is 2. The van der Waals surface area contributed by atoms with Crippen molar-refractivity contribution < 1.29 is 19.1 Å². The maximum absolute atomic E-state index is 12.9. The molecule has 0 bridgehead atoms. The number of rotatable bonds is 5. The van der Waals surface area contributed by atoms with E-state index in [1.165, 1.54) is 11.6 Å². The fourth-order valence-corrected chi connectivity index (χ4v) is 3.42. The molecule has 32 heavy (non-hydrogen) atoms. The van der Waals surface area contributed by atoms with Gasteiger partial charge in [-0.3, -0.25) is 14.9 Å². The summed E-state index contributed by atoms with van der Waals surface area (Å²) in [6.07, 6.45) is 1.46. The summed E-state index contributed by atoms with van der Waals surface area (Å²) in [6.45, 7) is 2.47. The van der Waals surface area contributed by atoms with E-state index in [-0.39, 0.29) is 5.57 Å². The first-order valence-electron chi connectivity index (χ1n) is 9.86. The van der Waals surface area contributed by atoms with Crippen LogP contribution in [0.1, 0.15) is 16.7 Å². The number of benzene rings is 3. The number of hydrogen-bond donors (Lipinski definition) is 1. The Morgan fingerprint density at radius 1 is 0.906 bits per heavy atom. The molecule has 4 amide bonds. The standard InChI is InChI=1S/C25H19BrN2O4/c1-16-2-4-18(5-3-16)15-32-21-12-6-17(7-13-21)14-22-23(29)27-25(31)28(24(22)30)20-10-8-19(26)9-11-20/h2-14H,15H2,1H3,(H,27,29,31)/b22-14-. The molecule has 4 rings (SSSR count). The van der Waals surface area contributed by atoms with Crippen molar-refractivity contribution in [2.75, 3.05) is 4.90 Å². The van der Waals surface area contributed by atoms with Crippen molar-refractivity contribution in [3.63, 3.8) is 0 Å². The van der Waals surface area contributed by atoms with Crippen LogP contribution in [0, 0.1) is 6.92 Å². The molecule has 0 unspecified atom stereocenters. The molecule has 3 aromatic rings. The highest BCUT2D eigenvalue weighted by molar-refractivity contribution is 9.10. The van der Waals surface area contributed by atoms with E-state index in [2.05, 4.69) is 21.2 Å². The molecule has 1 N–H and O–H groups in total. The number of aryl methyl sites for hydroxylation is 1. The second-order valence-electron chi connectivity index (χ2n) is 7.28. The highest BCUT2D eigenvalue weighted by atomic mass is 79.9. The van der Waals surface area contributed by atoms with Crippen LogP contribution < -0.4 is 15.0 Å². The zero-order valence-electron chi connectivity index (χ0n) is 17.2. The molecule has 1 saturated heterocycles. The lowest BCUT2D eigenvalue weighted by Gasteiger charge is -2.26. The van der Waals surface area contributed by atoms with Crippen LogP contribution in [-0.2, 0) is 16.2 Å². The van der Waals surface area contributed by atoms with Gasteiger partial charge in [0.1, 0.15) is 17.9 Å². The maximum Gasteiger partial charge on any atom is 0.335 e. The van der Waals surface area contributed by atoms with Crippen molar-refractivity contribution in [2.45, 2.75) is 13.5 Å². The Morgan fingerprint density at radius 3 is 2.22 bits per heavy atom. The minimum absolute atomic E-state index is 0.124. The van der Waals surface area contributed by atoms with E-state index in [1.54, 1.807) is 48.5 Å². The summed E-state index contributed by atoms with van der Waals surface area (Å²) in [5.74, 6) is -0.743. The van der Waals surface area contributed by atoms with Gasteiger partial charge in [0.25, 0.3) is 11.8 Å². The molecule has 1 heterocycles. The summed E-state index contributed by atoms with van der Waals surface area (Å²) in [4.78, 5) is 38.5. The number of anilines is 1. The van der Waals surface area contributed by atoms with Crippen molar-refractivity contribution in [3.05, 3.63) is 99.5 Å². The summed E-state index contributed by atoms with van der Waals surface area (Å²) in [5.41, 5.74) is 3.13. The average Bonchev–Trinajstić information content (AvgIpc) is 2.78. The first-order chi connectivity index (χ1) is 15.4. The summed E-state index contributed by atoms with van der Waals surface area (Å²) in [7, 11) is 0. The quantitative estimate of drug-likeness (QED) is 0.403. The zero-order chi connectivity index (χ0) is 22.7. The lowest BCUT2D eigenvalue weighted by Crippen LogP contribution is -2.54.